The van der Waals surface area contributed by atoms with Crippen LogP contribution in [0.4, 0.5) is 0 Å². The van der Waals surface area contributed by atoms with Crippen LogP contribution in [0, 0.1) is 6.92 Å². The molecule has 0 unspecified atom stereocenters. The van der Waals surface area contributed by atoms with Crippen molar-refractivity contribution in [2.24, 2.45) is 0 Å². The predicted octanol–water partition coefficient (Wildman–Crippen LogP) is 1.83. The van der Waals surface area contributed by atoms with Crippen molar-refractivity contribution in [3.8, 4) is 11.5 Å². The van der Waals surface area contributed by atoms with Gasteiger partial charge in [0, 0.05) is 6.54 Å². The molecule has 19 heavy (non-hydrogen) atoms. The smallest absolute Gasteiger partial charge is 0.161 e. The third kappa shape index (κ3) is 3.70. The highest BCUT2D eigenvalue weighted by Gasteiger charge is 2.14. The minimum Gasteiger partial charge on any atom is -0.486 e. The van der Waals surface area contributed by atoms with E-state index >= 15 is 0 Å². The van der Waals surface area contributed by atoms with Crippen molar-refractivity contribution in [2.45, 2.75) is 20.3 Å². The first kappa shape index (κ1) is 13.9. The molecule has 0 radical (unpaired) electrons. The molecule has 0 N–H and O–H groups in total. The number of Topliss-reactive ketones (excluding diaryl/α,β-unsaturated/α-hetero) is 1. The first-order valence-electron chi connectivity index (χ1n) is 6.63. The summed E-state index contributed by atoms with van der Waals surface area (Å²) in [4.78, 5) is 13.1. The fraction of sp³-hybridized carbons (Fsp3) is 0.533. The van der Waals surface area contributed by atoms with Crippen LogP contribution in [0.15, 0.2) is 12.1 Å². The van der Waals surface area contributed by atoms with Crippen molar-refractivity contribution in [3.05, 3.63) is 23.3 Å². The van der Waals surface area contributed by atoms with Gasteiger partial charge in [0.2, 0.25) is 0 Å². The zero-order valence-electron chi connectivity index (χ0n) is 11.9. The molecule has 0 spiro atoms. The average molecular weight is 263 g/mol. The van der Waals surface area contributed by atoms with E-state index in [1.807, 2.05) is 18.0 Å². The Kier molecular flexibility index (Phi) is 4.43. The van der Waals surface area contributed by atoms with E-state index in [9.17, 15) is 4.79 Å². The third-order valence-electron chi connectivity index (χ3n) is 3.26. The summed E-state index contributed by atoms with van der Waals surface area (Å²) in [6.07, 6.45) is 0.909. The van der Waals surface area contributed by atoms with Crippen molar-refractivity contribution < 1.29 is 14.3 Å². The average Bonchev–Trinajstić information content (AvgIpc) is 2.35. The Hall–Kier alpha value is -1.55. The number of likely N-dealkylation sites (N-methyl/N-ethyl adjacent to an activating group) is 1. The molecular weight excluding hydrogens is 242 g/mol. The topological polar surface area (TPSA) is 38.8 Å². The Balaban J connectivity index is 2.02. The van der Waals surface area contributed by atoms with Crippen LogP contribution in [0.5, 0.6) is 11.5 Å². The number of fused-ring (bicyclic) bond motifs is 1. The Morgan fingerprint density at radius 3 is 2.53 bits per heavy atom. The maximum absolute atomic E-state index is 11.0. The van der Waals surface area contributed by atoms with Crippen LogP contribution in [0.3, 0.4) is 0 Å². The van der Waals surface area contributed by atoms with Crippen molar-refractivity contribution in [1.29, 1.82) is 0 Å². The third-order valence-corrected chi connectivity index (χ3v) is 3.26. The minimum absolute atomic E-state index is 0.196. The van der Waals surface area contributed by atoms with E-state index in [0.29, 0.717) is 19.8 Å². The van der Waals surface area contributed by atoms with Crippen molar-refractivity contribution in [3.63, 3.8) is 0 Å². The van der Waals surface area contributed by atoms with Crippen LogP contribution in [0.25, 0.3) is 0 Å². The molecule has 0 atom stereocenters. The first-order chi connectivity index (χ1) is 9.06. The second kappa shape index (κ2) is 6.06. The number of carbonyl (C=O) groups excluding carboxylic acids is 1. The van der Waals surface area contributed by atoms with Crippen LogP contribution >= 0.6 is 0 Å². The molecule has 4 heteroatoms. The molecule has 0 aliphatic carbocycles. The number of carbonyl (C=O) groups is 1. The van der Waals surface area contributed by atoms with Gasteiger partial charge < -0.3 is 9.47 Å². The van der Waals surface area contributed by atoms with E-state index in [1.54, 1.807) is 6.92 Å². The van der Waals surface area contributed by atoms with Crippen molar-refractivity contribution in [1.82, 2.24) is 4.90 Å². The summed E-state index contributed by atoms with van der Waals surface area (Å²) in [7, 11) is 1.97. The molecular formula is C15H21NO3. The van der Waals surface area contributed by atoms with E-state index in [0.717, 1.165) is 24.5 Å². The molecule has 0 bridgehead atoms. The molecule has 0 amide bonds. The molecule has 1 aliphatic rings. The minimum atomic E-state index is 0.196. The lowest BCUT2D eigenvalue weighted by molar-refractivity contribution is -0.117. The number of aryl methyl sites for hydroxylation is 1. The number of hydrogen-bond donors (Lipinski definition) is 0. The standard InChI is InChI=1S/C15H21NO3/c1-11-8-14-15(19-7-6-18-14)9-13(11)4-5-16(3)10-12(2)17/h8-9H,4-7,10H2,1-3H3. The Morgan fingerprint density at radius 1 is 1.26 bits per heavy atom. The Morgan fingerprint density at radius 2 is 1.89 bits per heavy atom. The van der Waals surface area contributed by atoms with Crippen LogP contribution in [-0.2, 0) is 11.2 Å². The second-order valence-electron chi connectivity index (χ2n) is 5.11. The highest BCUT2D eigenvalue weighted by atomic mass is 16.6. The summed E-state index contributed by atoms with van der Waals surface area (Å²) < 4.78 is 11.2. The van der Waals surface area contributed by atoms with Gasteiger partial charge in [0.05, 0.1) is 6.54 Å². The molecule has 1 aromatic carbocycles. The molecule has 4 nitrogen and oxygen atoms in total. The van der Waals surface area contributed by atoms with Crippen LogP contribution in [-0.4, -0.2) is 44.0 Å². The quantitative estimate of drug-likeness (QED) is 0.812. The number of ketones is 1. The molecule has 0 saturated heterocycles. The molecule has 1 aliphatic heterocycles. The van der Waals surface area contributed by atoms with Gasteiger partial charge in [-0.3, -0.25) is 9.69 Å². The maximum Gasteiger partial charge on any atom is 0.161 e. The predicted molar refractivity (Wildman–Crippen MR) is 74.1 cm³/mol. The highest BCUT2D eigenvalue weighted by Crippen LogP contribution is 2.33. The summed E-state index contributed by atoms with van der Waals surface area (Å²) in [5.74, 6) is 1.87. The summed E-state index contributed by atoms with van der Waals surface area (Å²) in [5, 5.41) is 0. The summed E-state index contributed by atoms with van der Waals surface area (Å²) in [6, 6.07) is 4.10. The maximum atomic E-state index is 11.0. The zero-order valence-corrected chi connectivity index (χ0v) is 11.9. The zero-order chi connectivity index (χ0) is 13.8. The number of benzene rings is 1. The van der Waals surface area contributed by atoms with Gasteiger partial charge in [0.1, 0.15) is 19.0 Å². The SMILES string of the molecule is CC(=O)CN(C)CCc1cc2c(cc1C)OCCO2. The van der Waals surface area contributed by atoms with Crippen LogP contribution < -0.4 is 9.47 Å². The van der Waals surface area contributed by atoms with Crippen LogP contribution in [0.2, 0.25) is 0 Å². The second-order valence-corrected chi connectivity index (χ2v) is 5.11. The van der Waals surface area contributed by atoms with E-state index < -0.39 is 0 Å². The lowest BCUT2D eigenvalue weighted by Gasteiger charge is -2.21. The number of nitrogens with zero attached hydrogens (tertiary/aromatic N) is 1. The van der Waals surface area contributed by atoms with Gasteiger partial charge >= 0.3 is 0 Å². The van der Waals surface area contributed by atoms with Gasteiger partial charge in [-0.15, -0.1) is 0 Å². The van der Waals surface area contributed by atoms with E-state index in [1.165, 1.54) is 11.1 Å². The van der Waals surface area contributed by atoms with E-state index in [2.05, 4.69) is 13.0 Å². The van der Waals surface area contributed by atoms with Crippen molar-refractivity contribution in [2.75, 3.05) is 33.4 Å². The van der Waals surface area contributed by atoms with E-state index in [4.69, 9.17) is 9.47 Å². The molecule has 104 valence electrons. The van der Waals surface area contributed by atoms with Crippen LogP contribution in [0.1, 0.15) is 18.1 Å². The normalized spacial score (nSPS) is 13.7. The summed E-state index contributed by atoms with van der Waals surface area (Å²) in [5.41, 5.74) is 2.46. The first-order valence-corrected chi connectivity index (χ1v) is 6.63. The molecule has 1 aromatic rings. The van der Waals surface area contributed by atoms with Gasteiger partial charge in [-0.05, 0) is 50.6 Å². The molecule has 0 fully saturated rings. The largest absolute Gasteiger partial charge is 0.486 e. The lowest BCUT2D eigenvalue weighted by Crippen LogP contribution is -2.26. The van der Waals surface area contributed by atoms with Gasteiger partial charge in [-0.1, -0.05) is 0 Å². The fourth-order valence-corrected chi connectivity index (χ4v) is 2.27. The van der Waals surface area contributed by atoms with E-state index in [-0.39, 0.29) is 5.78 Å². The molecule has 0 saturated carbocycles. The summed E-state index contributed by atoms with van der Waals surface area (Å²) in [6.45, 7) is 6.29. The Bertz CT molecular complexity index is 471. The highest BCUT2D eigenvalue weighted by molar-refractivity contribution is 5.77. The van der Waals surface area contributed by atoms with Crippen molar-refractivity contribution >= 4 is 5.78 Å². The number of rotatable bonds is 5. The van der Waals surface area contributed by atoms with Gasteiger partial charge in [0.25, 0.3) is 0 Å². The lowest BCUT2D eigenvalue weighted by atomic mass is 10.0. The molecule has 2 rings (SSSR count). The number of ether oxygens (including phenoxy) is 2. The van der Waals surface area contributed by atoms with Gasteiger partial charge in [-0.25, -0.2) is 0 Å². The summed E-state index contributed by atoms with van der Waals surface area (Å²) >= 11 is 0. The fourth-order valence-electron chi connectivity index (χ4n) is 2.27. The monoisotopic (exact) mass is 263 g/mol. The molecule has 0 aromatic heterocycles. The van der Waals surface area contributed by atoms with Gasteiger partial charge in [-0.2, -0.15) is 0 Å². The molecule has 1 heterocycles. The Labute approximate surface area is 114 Å². The number of hydrogen-bond acceptors (Lipinski definition) is 4. The van der Waals surface area contributed by atoms with Gasteiger partial charge in [0.15, 0.2) is 11.5 Å².